The van der Waals surface area contributed by atoms with E-state index in [2.05, 4.69) is 25.1 Å². The molecule has 17 heavy (non-hydrogen) atoms. The smallest absolute Gasteiger partial charge is 0.220 e. The molecule has 0 aromatic carbocycles. The van der Waals surface area contributed by atoms with E-state index in [0.717, 1.165) is 32.2 Å². The van der Waals surface area contributed by atoms with E-state index >= 15 is 0 Å². The molecule has 0 aromatic heterocycles. The average Bonchev–Trinajstić information content (AvgIpc) is 2.27. The molecule has 0 spiro atoms. The summed E-state index contributed by atoms with van der Waals surface area (Å²) in [5.41, 5.74) is 5.66. The van der Waals surface area contributed by atoms with Crippen LogP contribution in [-0.4, -0.2) is 19.0 Å². The molecule has 0 aliphatic rings. The van der Waals surface area contributed by atoms with Gasteiger partial charge in [-0.3, -0.25) is 4.79 Å². The summed E-state index contributed by atoms with van der Waals surface area (Å²) >= 11 is 0. The van der Waals surface area contributed by atoms with E-state index in [-0.39, 0.29) is 5.91 Å². The van der Waals surface area contributed by atoms with E-state index < -0.39 is 0 Å². The molecule has 0 heterocycles. The standard InChI is InChI=1S/C14H26N2O/c1-4-5-6-7-8-16-14(17)10-13(11-15)9-12(2)3/h1,12-13H,5-11,15H2,2-3H3,(H,16,17). The molecule has 0 bridgehead atoms. The van der Waals surface area contributed by atoms with Crippen LogP contribution in [0.5, 0.6) is 0 Å². The Bertz CT molecular complexity index is 243. The zero-order valence-corrected chi connectivity index (χ0v) is 11.2. The maximum atomic E-state index is 11.6. The Labute approximate surface area is 106 Å². The van der Waals surface area contributed by atoms with Crippen molar-refractivity contribution >= 4 is 5.91 Å². The molecule has 1 unspecified atom stereocenters. The highest BCUT2D eigenvalue weighted by Crippen LogP contribution is 2.13. The summed E-state index contributed by atoms with van der Waals surface area (Å²) in [5.74, 6) is 3.60. The number of nitrogens with one attached hydrogen (secondary N) is 1. The van der Waals surface area contributed by atoms with Crippen LogP contribution in [0.25, 0.3) is 0 Å². The van der Waals surface area contributed by atoms with E-state index in [1.54, 1.807) is 0 Å². The largest absolute Gasteiger partial charge is 0.356 e. The van der Waals surface area contributed by atoms with Gasteiger partial charge in [0.25, 0.3) is 0 Å². The van der Waals surface area contributed by atoms with Gasteiger partial charge in [-0.05, 0) is 37.6 Å². The predicted octanol–water partition coefficient (Wildman–Crippen LogP) is 1.92. The van der Waals surface area contributed by atoms with Crippen molar-refractivity contribution in [1.82, 2.24) is 5.32 Å². The number of carbonyl (C=O) groups is 1. The molecule has 0 radical (unpaired) electrons. The highest BCUT2D eigenvalue weighted by molar-refractivity contribution is 5.76. The molecular formula is C14H26N2O. The Morgan fingerprint density at radius 1 is 1.41 bits per heavy atom. The number of unbranched alkanes of at least 4 members (excludes halogenated alkanes) is 2. The maximum Gasteiger partial charge on any atom is 0.220 e. The van der Waals surface area contributed by atoms with Crippen LogP contribution in [0.3, 0.4) is 0 Å². The van der Waals surface area contributed by atoms with Gasteiger partial charge in [0.1, 0.15) is 0 Å². The maximum absolute atomic E-state index is 11.6. The number of hydrogen-bond acceptors (Lipinski definition) is 2. The fourth-order valence-corrected chi connectivity index (χ4v) is 1.84. The quantitative estimate of drug-likeness (QED) is 0.476. The summed E-state index contributed by atoms with van der Waals surface area (Å²) in [6, 6.07) is 0. The van der Waals surface area contributed by atoms with Gasteiger partial charge in [-0.25, -0.2) is 0 Å². The molecule has 0 saturated carbocycles. The van der Waals surface area contributed by atoms with E-state index in [1.165, 1.54) is 0 Å². The van der Waals surface area contributed by atoms with Crippen LogP contribution in [0, 0.1) is 24.2 Å². The molecular weight excluding hydrogens is 212 g/mol. The first-order valence-electron chi connectivity index (χ1n) is 6.50. The van der Waals surface area contributed by atoms with Crippen LogP contribution < -0.4 is 11.1 Å². The first-order chi connectivity index (χ1) is 8.10. The van der Waals surface area contributed by atoms with Crippen LogP contribution in [0.4, 0.5) is 0 Å². The van der Waals surface area contributed by atoms with Crippen molar-refractivity contribution in [3.8, 4) is 12.3 Å². The Balaban J connectivity index is 3.65. The summed E-state index contributed by atoms with van der Waals surface area (Å²) in [5, 5.41) is 2.92. The molecule has 0 fully saturated rings. The van der Waals surface area contributed by atoms with Crippen molar-refractivity contribution in [3.63, 3.8) is 0 Å². The topological polar surface area (TPSA) is 55.1 Å². The van der Waals surface area contributed by atoms with Crippen LogP contribution in [0.15, 0.2) is 0 Å². The third-order valence-electron chi connectivity index (χ3n) is 2.68. The number of nitrogens with two attached hydrogens (primary N) is 1. The number of carbonyl (C=O) groups excluding carboxylic acids is 1. The summed E-state index contributed by atoms with van der Waals surface area (Å²) in [7, 11) is 0. The van der Waals surface area contributed by atoms with Crippen LogP contribution in [0.1, 0.15) is 46.0 Å². The summed E-state index contributed by atoms with van der Waals surface area (Å²) < 4.78 is 0. The Morgan fingerprint density at radius 3 is 2.65 bits per heavy atom. The molecule has 0 aliphatic heterocycles. The van der Waals surface area contributed by atoms with Crippen LogP contribution in [-0.2, 0) is 4.79 Å². The zero-order valence-electron chi connectivity index (χ0n) is 11.2. The summed E-state index contributed by atoms with van der Waals surface area (Å²) in [4.78, 5) is 11.6. The number of hydrogen-bond donors (Lipinski definition) is 2. The molecule has 0 rings (SSSR count). The molecule has 0 aliphatic carbocycles. The van der Waals surface area contributed by atoms with Gasteiger partial charge in [0.15, 0.2) is 0 Å². The third-order valence-corrected chi connectivity index (χ3v) is 2.68. The molecule has 3 N–H and O–H groups in total. The van der Waals surface area contributed by atoms with Gasteiger partial charge in [0, 0.05) is 19.4 Å². The number of rotatable bonds is 9. The summed E-state index contributed by atoms with van der Waals surface area (Å²) in [6.07, 6.45) is 9.42. The molecule has 0 saturated heterocycles. The second-order valence-electron chi connectivity index (χ2n) is 4.95. The van der Waals surface area contributed by atoms with Crippen molar-refractivity contribution in [3.05, 3.63) is 0 Å². The lowest BCUT2D eigenvalue weighted by Crippen LogP contribution is -2.29. The van der Waals surface area contributed by atoms with E-state index in [1.807, 2.05) is 0 Å². The normalized spacial score (nSPS) is 12.2. The van der Waals surface area contributed by atoms with E-state index in [9.17, 15) is 4.79 Å². The molecule has 3 nitrogen and oxygen atoms in total. The van der Waals surface area contributed by atoms with E-state index in [0.29, 0.717) is 24.8 Å². The van der Waals surface area contributed by atoms with Gasteiger partial charge >= 0.3 is 0 Å². The minimum atomic E-state index is 0.113. The average molecular weight is 238 g/mol. The Kier molecular flexibility index (Phi) is 9.56. The lowest BCUT2D eigenvalue weighted by molar-refractivity contribution is -0.122. The first kappa shape index (κ1) is 16.0. The monoisotopic (exact) mass is 238 g/mol. The molecule has 3 heteroatoms. The van der Waals surface area contributed by atoms with E-state index in [4.69, 9.17) is 12.2 Å². The zero-order chi connectivity index (χ0) is 13.1. The third kappa shape index (κ3) is 9.89. The van der Waals surface area contributed by atoms with Crippen molar-refractivity contribution < 1.29 is 4.79 Å². The highest BCUT2D eigenvalue weighted by atomic mass is 16.1. The molecule has 1 amide bonds. The van der Waals surface area contributed by atoms with Crippen LogP contribution in [0.2, 0.25) is 0 Å². The van der Waals surface area contributed by atoms with Gasteiger partial charge in [-0.15, -0.1) is 12.3 Å². The first-order valence-corrected chi connectivity index (χ1v) is 6.50. The van der Waals surface area contributed by atoms with Crippen molar-refractivity contribution in [2.75, 3.05) is 13.1 Å². The lowest BCUT2D eigenvalue weighted by Gasteiger charge is -2.16. The fraction of sp³-hybridized carbons (Fsp3) is 0.786. The van der Waals surface area contributed by atoms with Crippen LogP contribution >= 0.6 is 0 Å². The second kappa shape index (κ2) is 10.2. The second-order valence-corrected chi connectivity index (χ2v) is 4.95. The minimum Gasteiger partial charge on any atom is -0.356 e. The van der Waals surface area contributed by atoms with Gasteiger partial charge in [0.05, 0.1) is 0 Å². The molecule has 0 aromatic rings. The highest BCUT2D eigenvalue weighted by Gasteiger charge is 2.13. The van der Waals surface area contributed by atoms with Gasteiger partial charge < -0.3 is 11.1 Å². The predicted molar refractivity (Wildman–Crippen MR) is 72.3 cm³/mol. The van der Waals surface area contributed by atoms with Gasteiger partial charge in [-0.2, -0.15) is 0 Å². The number of terminal acetylenes is 1. The lowest BCUT2D eigenvalue weighted by atomic mass is 9.94. The molecule has 1 atom stereocenters. The Morgan fingerprint density at radius 2 is 2.12 bits per heavy atom. The van der Waals surface area contributed by atoms with Gasteiger partial charge in [0.2, 0.25) is 5.91 Å². The SMILES string of the molecule is C#CCCCCNC(=O)CC(CN)CC(C)C. The summed E-state index contributed by atoms with van der Waals surface area (Å²) in [6.45, 7) is 5.61. The Hall–Kier alpha value is -1.01. The molecule has 98 valence electrons. The number of amides is 1. The fourth-order valence-electron chi connectivity index (χ4n) is 1.84. The minimum absolute atomic E-state index is 0.113. The van der Waals surface area contributed by atoms with Crippen molar-refractivity contribution in [2.45, 2.75) is 46.0 Å². The van der Waals surface area contributed by atoms with Crippen molar-refractivity contribution in [1.29, 1.82) is 0 Å². The van der Waals surface area contributed by atoms with Gasteiger partial charge in [-0.1, -0.05) is 13.8 Å². The van der Waals surface area contributed by atoms with Crippen molar-refractivity contribution in [2.24, 2.45) is 17.6 Å².